The van der Waals surface area contributed by atoms with Gasteiger partial charge in [-0.1, -0.05) is 26.0 Å². The Bertz CT molecular complexity index is 1190. The van der Waals surface area contributed by atoms with Crippen LogP contribution in [0.4, 0.5) is 11.5 Å². The van der Waals surface area contributed by atoms with E-state index in [0.29, 0.717) is 42.4 Å². The van der Waals surface area contributed by atoms with Gasteiger partial charge in [-0.15, -0.1) is 0 Å². The molecule has 3 N–H and O–H groups in total. The third-order valence-corrected chi connectivity index (χ3v) is 5.96. The van der Waals surface area contributed by atoms with Crippen molar-refractivity contribution in [2.75, 3.05) is 18.5 Å². The van der Waals surface area contributed by atoms with Crippen LogP contribution in [0.15, 0.2) is 41.3 Å². The summed E-state index contributed by atoms with van der Waals surface area (Å²) in [6, 6.07) is 12.4. The molecule has 0 amide bonds. The molecule has 2 aromatic heterocycles. The molecule has 1 aromatic carbocycles. The summed E-state index contributed by atoms with van der Waals surface area (Å²) in [5, 5.41) is 21.7. The summed E-state index contributed by atoms with van der Waals surface area (Å²) in [7, 11) is 0. The first-order valence-corrected chi connectivity index (χ1v) is 11.0. The summed E-state index contributed by atoms with van der Waals surface area (Å²) in [6.45, 7) is 9.53. The molecule has 0 bridgehead atoms. The van der Waals surface area contributed by atoms with Crippen molar-refractivity contribution in [2.45, 2.75) is 51.7 Å². The average Bonchev–Trinajstić information content (AvgIpc) is 3.12. The van der Waals surface area contributed by atoms with Crippen LogP contribution < -0.4 is 16.2 Å². The standard InChI is InChI=1S/C24H30N6O2/c1-15(2)28-24(3,4)17-5-7-18(8-6-17)27-22-21-19(9-11-26-23(21)31)30(29-22)20-14-32-12-10-16(20)13-25/h5-9,11,15-16,20,28H,10,12,14H2,1-4H3,(H,26,31)(H,27,29). The second-order valence-electron chi connectivity index (χ2n) is 9.15. The van der Waals surface area contributed by atoms with Gasteiger partial charge in [-0.05, 0) is 44.0 Å². The summed E-state index contributed by atoms with van der Waals surface area (Å²) in [5.41, 5.74) is 2.30. The zero-order chi connectivity index (χ0) is 22.9. The SMILES string of the molecule is CC(C)NC(C)(C)c1ccc(Nc2nn(C3COCCC3C#N)c3cc[nH]c(=O)c23)cc1. The Morgan fingerprint density at radius 2 is 2.03 bits per heavy atom. The van der Waals surface area contributed by atoms with E-state index < -0.39 is 0 Å². The van der Waals surface area contributed by atoms with Gasteiger partial charge in [0.1, 0.15) is 5.39 Å². The lowest BCUT2D eigenvalue weighted by atomic mass is 9.93. The fourth-order valence-corrected chi connectivity index (χ4v) is 4.47. The van der Waals surface area contributed by atoms with Gasteiger partial charge in [-0.25, -0.2) is 0 Å². The Kier molecular flexibility index (Phi) is 6.04. The van der Waals surface area contributed by atoms with Crippen LogP contribution in [-0.4, -0.2) is 34.0 Å². The number of fused-ring (bicyclic) bond motifs is 1. The molecule has 1 aliphatic heterocycles. The first kappa shape index (κ1) is 22.1. The molecule has 2 unspecified atom stereocenters. The normalized spacial score (nSPS) is 19.2. The van der Waals surface area contributed by atoms with Gasteiger partial charge in [-0.2, -0.15) is 10.4 Å². The molecule has 3 aromatic rings. The highest BCUT2D eigenvalue weighted by Crippen LogP contribution is 2.32. The van der Waals surface area contributed by atoms with Gasteiger partial charge in [0.25, 0.3) is 5.56 Å². The highest BCUT2D eigenvalue weighted by Gasteiger charge is 2.30. The van der Waals surface area contributed by atoms with E-state index in [1.807, 2.05) is 18.2 Å². The fourth-order valence-electron chi connectivity index (χ4n) is 4.47. The lowest BCUT2D eigenvalue weighted by Gasteiger charge is -2.29. The molecule has 1 saturated heterocycles. The maximum atomic E-state index is 12.7. The summed E-state index contributed by atoms with van der Waals surface area (Å²) in [6.07, 6.45) is 2.26. The smallest absolute Gasteiger partial charge is 0.261 e. The lowest BCUT2D eigenvalue weighted by Crippen LogP contribution is -2.40. The van der Waals surface area contributed by atoms with E-state index in [1.165, 1.54) is 5.56 Å². The first-order chi connectivity index (χ1) is 15.3. The Morgan fingerprint density at radius 3 is 2.72 bits per heavy atom. The van der Waals surface area contributed by atoms with Crippen LogP contribution in [0, 0.1) is 17.2 Å². The van der Waals surface area contributed by atoms with E-state index in [1.54, 1.807) is 10.9 Å². The van der Waals surface area contributed by atoms with Crippen LogP contribution in [0.2, 0.25) is 0 Å². The number of ether oxygens (including phenoxy) is 1. The Hall–Kier alpha value is -3.15. The number of aromatic amines is 1. The molecule has 1 fully saturated rings. The second-order valence-corrected chi connectivity index (χ2v) is 9.15. The van der Waals surface area contributed by atoms with Crippen molar-refractivity contribution in [1.82, 2.24) is 20.1 Å². The molecule has 4 rings (SSSR count). The maximum absolute atomic E-state index is 12.7. The van der Waals surface area contributed by atoms with Crippen molar-refractivity contribution in [1.29, 1.82) is 5.26 Å². The number of pyridine rings is 1. The topological polar surface area (TPSA) is 108 Å². The van der Waals surface area contributed by atoms with Crippen molar-refractivity contribution < 1.29 is 4.74 Å². The van der Waals surface area contributed by atoms with Gasteiger partial charge in [-0.3, -0.25) is 9.48 Å². The molecule has 1 aliphatic rings. The van der Waals surface area contributed by atoms with E-state index in [0.717, 1.165) is 5.69 Å². The highest BCUT2D eigenvalue weighted by molar-refractivity contribution is 5.91. The number of benzene rings is 1. The van der Waals surface area contributed by atoms with E-state index >= 15 is 0 Å². The molecule has 0 aliphatic carbocycles. The molecule has 8 nitrogen and oxygen atoms in total. The number of nitriles is 1. The predicted octanol–water partition coefficient (Wildman–Crippen LogP) is 3.80. The average molecular weight is 435 g/mol. The van der Waals surface area contributed by atoms with Crippen LogP contribution in [-0.2, 0) is 10.3 Å². The Morgan fingerprint density at radius 1 is 1.28 bits per heavy atom. The zero-order valence-corrected chi connectivity index (χ0v) is 19.0. The number of nitrogens with one attached hydrogen (secondary N) is 3. The number of aromatic nitrogens is 3. The maximum Gasteiger partial charge on any atom is 0.261 e. The minimum absolute atomic E-state index is 0.161. The third-order valence-electron chi connectivity index (χ3n) is 5.96. The molecule has 0 spiro atoms. The second kappa shape index (κ2) is 8.77. The summed E-state index contributed by atoms with van der Waals surface area (Å²) < 4.78 is 7.39. The van der Waals surface area contributed by atoms with Gasteiger partial charge in [0, 0.05) is 30.1 Å². The number of rotatable bonds is 6. The van der Waals surface area contributed by atoms with Crippen molar-refractivity contribution in [2.24, 2.45) is 5.92 Å². The van der Waals surface area contributed by atoms with E-state index in [4.69, 9.17) is 9.84 Å². The van der Waals surface area contributed by atoms with Crippen LogP contribution in [0.5, 0.6) is 0 Å². The number of nitrogens with zero attached hydrogens (tertiary/aromatic N) is 3. The van der Waals surface area contributed by atoms with Crippen LogP contribution in [0.25, 0.3) is 10.9 Å². The molecular formula is C24H30N6O2. The third kappa shape index (κ3) is 4.27. The van der Waals surface area contributed by atoms with Gasteiger partial charge in [0.2, 0.25) is 0 Å². The minimum Gasteiger partial charge on any atom is -0.379 e. The predicted molar refractivity (Wildman–Crippen MR) is 125 cm³/mol. The molecular weight excluding hydrogens is 404 g/mol. The largest absolute Gasteiger partial charge is 0.379 e. The van der Waals surface area contributed by atoms with E-state index in [-0.39, 0.29) is 23.1 Å². The van der Waals surface area contributed by atoms with Crippen molar-refractivity contribution in [3.05, 3.63) is 52.4 Å². The van der Waals surface area contributed by atoms with Crippen molar-refractivity contribution in [3.63, 3.8) is 0 Å². The van der Waals surface area contributed by atoms with Crippen LogP contribution >= 0.6 is 0 Å². The van der Waals surface area contributed by atoms with Gasteiger partial charge >= 0.3 is 0 Å². The Balaban J connectivity index is 1.68. The highest BCUT2D eigenvalue weighted by atomic mass is 16.5. The van der Waals surface area contributed by atoms with Gasteiger partial charge in [0.15, 0.2) is 5.82 Å². The molecule has 32 heavy (non-hydrogen) atoms. The number of anilines is 2. The summed E-state index contributed by atoms with van der Waals surface area (Å²) in [5.74, 6) is 0.255. The Labute approximate surface area is 187 Å². The molecule has 0 saturated carbocycles. The summed E-state index contributed by atoms with van der Waals surface area (Å²) >= 11 is 0. The van der Waals surface area contributed by atoms with E-state index in [2.05, 4.69) is 61.5 Å². The van der Waals surface area contributed by atoms with Crippen LogP contribution in [0.3, 0.4) is 0 Å². The summed E-state index contributed by atoms with van der Waals surface area (Å²) in [4.78, 5) is 15.4. The van der Waals surface area contributed by atoms with Gasteiger partial charge in [0.05, 0.1) is 30.2 Å². The first-order valence-electron chi connectivity index (χ1n) is 11.0. The molecule has 8 heteroatoms. The van der Waals surface area contributed by atoms with Gasteiger partial charge < -0.3 is 20.4 Å². The fraction of sp³-hybridized carbons (Fsp3) is 0.458. The number of H-pyrrole nitrogens is 1. The molecule has 2 atom stereocenters. The lowest BCUT2D eigenvalue weighted by molar-refractivity contribution is 0.0359. The quantitative estimate of drug-likeness (QED) is 0.545. The monoisotopic (exact) mass is 434 g/mol. The van der Waals surface area contributed by atoms with E-state index in [9.17, 15) is 10.1 Å². The molecule has 3 heterocycles. The number of hydrogen-bond donors (Lipinski definition) is 3. The van der Waals surface area contributed by atoms with Crippen molar-refractivity contribution >= 4 is 22.4 Å². The number of hydrogen-bond acceptors (Lipinski definition) is 6. The van der Waals surface area contributed by atoms with Crippen LogP contribution in [0.1, 0.15) is 45.7 Å². The zero-order valence-electron chi connectivity index (χ0n) is 19.0. The molecule has 168 valence electrons. The minimum atomic E-state index is -0.237. The van der Waals surface area contributed by atoms with Crippen molar-refractivity contribution in [3.8, 4) is 6.07 Å². The molecule has 0 radical (unpaired) electrons.